The van der Waals surface area contributed by atoms with Gasteiger partial charge in [0.05, 0.1) is 13.2 Å². The van der Waals surface area contributed by atoms with Gasteiger partial charge < -0.3 is 29.9 Å². The van der Waals surface area contributed by atoms with E-state index >= 15 is 0 Å². The Bertz CT molecular complexity index is 407. The third-order valence-electron chi connectivity index (χ3n) is 5.21. The van der Waals surface area contributed by atoms with Crippen LogP contribution in [-0.4, -0.2) is 102 Å². The summed E-state index contributed by atoms with van der Waals surface area (Å²) in [7, 11) is 2.20. The van der Waals surface area contributed by atoms with Crippen LogP contribution in [0.2, 0.25) is 0 Å². The van der Waals surface area contributed by atoms with Crippen molar-refractivity contribution in [3.63, 3.8) is 0 Å². The summed E-state index contributed by atoms with van der Waals surface area (Å²) in [6.07, 6.45) is 2.14. The van der Waals surface area contributed by atoms with E-state index in [0.29, 0.717) is 11.8 Å². The molecule has 0 aromatic carbocycles. The highest BCUT2D eigenvalue weighted by molar-refractivity contribution is 5.79. The van der Waals surface area contributed by atoms with Gasteiger partial charge in [-0.2, -0.15) is 0 Å². The molecule has 2 atom stereocenters. The van der Waals surface area contributed by atoms with Crippen molar-refractivity contribution in [2.24, 2.45) is 16.8 Å². The second kappa shape index (κ2) is 13.3. The highest BCUT2D eigenvalue weighted by atomic mass is 16.5. The quantitative estimate of drug-likeness (QED) is 0.314. The second-order valence-electron chi connectivity index (χ2n) is 8.01. The van der Waals surface area contributed by atoms with Crippen LogP contribution in [0, 0.1) is 11.8 Å². The van der Waals surface area contributed by atoms with E-state index in [1.165, 1.54) is 26.2 Å². The first kappa shape index (κ1) is 22.4. The van der Waals surface area contributed by atoms with Gasteiger partial charge in [0.1, 0.15) is 0 Å². The first-order valence-corrected chi connectivity index (χ1v) is 10.8. The third kappa shape index (κ3) is 9.74. The maximum Gasteiger partial charge on any atom is 0.191 e. The fourth-order valence-corrected chi connectivity index (χ4v) is 3.46. The highest BCUT2D eigenvalue weighted by Crippen LogP contribution is 2.12. The Kier molecular flexibility index (Phi) is 11.0. The number of ether oxygens (including phenoxy) is 2. The van der Waals surface area contributed by atoms with Crippen molar-refractivity contribution >= 4 is 5.96 Å². The van der Waals surface area contributed by atoms with Crippen LogP contribution in [0.15, 0.2) is 4.99 Å². The summed E-state index contributed by atoms with van der Waals surface area (Å²) in [6.45, 7) is 16.3. The van der Waals surface area contributed by atoms with Gasteiger partial charge in [-0.15, -0.1) is 0 Å². The molecule has 2 fully saturated rings. The Morgan fingerprint density at radius 1 is 1.26 bits per heavy atom. The van der Waals surface area contributed by atoms with Gasteiger partial charge in [-0.3, -0.25) is 4.99 Å². The lowest BCUT2D eigenvalue weighted by Crippen LogP contribution is -2.46. The topological polar surface area (TPSA) is 61.4 Å². The average molecular weight is 384 g/mol. The molecule has 0 aromatic heterocycles. The van der Waals surface area contributed by atoms with Crippen molar-refractivity contribution < 1.29 is 9.47 Å². The van der Waals surface area contributed by atoms with E-state index in [9.17, 15) is 0 Å². The molecule has 0 bridgehead atoms. The minimum atomic E-state index is 0.570. The summed E-state index contributed by atoms with van der Waals surface area (Å²) in [5, 5.41) is 6.77. The molecule has 0 aliphatic carbocycles. The molecular formula is C20H41N5O2. The Morgan fingerprint density at radius 3 is 2.78 bits per heavy atom. The van der Waals surface area contributed by atoms with E-state index < -0.39 is 0 Å². The zero-order valence-electron chi connectivity index (χ0n) is 17.7. The van der Waals surface area contributed by atoms with Crippen LogP contribution in [0.3, 0.4) is 0 Å². The molecule has 2 aliphatic rings. The summed E-state index contributed by atoms with van der Waals surface area (Å²) in [4.78, 5) is 9.74. The van der Waals surface area contributed by atoms with Gasteiger partial charge in [0.25, 0.3) is 0 Å². The van der Waals surface area contributed by atoms with Crippen molar-refractivity contribution in [1.82, 2.24) is 20.4 Å². The summed E-state index contributed by atoms with van der Waals surface area (Å²) in [6, 6.07) is 0. The van der Waals surface area contributed by atoms with Gasteiger partial charge in [0.15, 0.2) is 5.96 Å². The second-order valence-corrected chi connectivity index (χ2v) is 8.01. The van der Waals surface area contributed by atoms with Crippen LogP contribution in [0.4, 0.5) is 0 Å². The van der Waals surface area contributed by atoms with Gasteiger partial charge >= 0.3 is 0 Å². The van der Waals surface area contributed by atoms with Crippen molar-refractivity contribution in [3.05, 3.63) is 0 Å². The van der Waals surface area contributed by atoms with Crippen LogP contribution >= 0.6 is 0 Å². The summed E-state index contributed by atoms with van der Waals surface area (Å²) >= 11 is 0. The maximum atomic E-state index is 5.76. The number of rotatable bonds is 11. The first-order valence-electron chi connectivity index (χ1n) is 10.8. The summed E-state index contributed by atoms with van der Waals surface area (Å²) in [5.74, 6) is 2.09. The first-order chi connectivity index (χ1) is 13.2. The van der Waals surface area contributed by atoms with Crippen LogP contribution in [0.5, 0.6) is 0 Å². The van der Waals surface area contributed by atoms with E-state index in [2.05, 4.69) is 41.3 Å². The number of nitrogens with zero attached hydrogens (tertiary/aromatic N) is 3. The molecule has 0 aromatic rings. The number of hydrogen-bond donors (Lipinski definition) is 2. The lowest BCUT2D eigenvalue weighted by Gasteiger charge is -2.33. The van der Waals surface area contributed by atoms with E-state index in [1.807, 2.05) is 0 Å². The number of piperazine rings is 1. The van der Waals surface area contributed by atoms with Gasteiger partial charge in [0, 0.05) is 71.5 Å². The fourth-order valence-electron chi connectivity index (χ4n) is 3.46. The minimum absolute atomic E-state index is 0.570. The third-order valence-corrected chi connectivity index (χ3v) is 5.21. The Hall–Kier alpha value is -0.890. The monoisotopic (exact) mass is 383 g/mol. The summed E-state index contributed by atoms with van der Waals surface area (Å²) < 4.78 is 11.1. The molecule has 2 heterocycles. The van der Waals surface area contributed by atoms with Crippen molar-refractivity contribution in [2.45, 2.75) is 26.7 Å². The van der Waals surface area contributed by atoms with Crippen molar-refractivity contribution in [3.8, 4) is 0 Å². The molecule has 0 saturated carbocycles. The average Bonchev–Trinajstić information content (AvgIpc) is 3.18. The fraction of sp³-hybridized carbons (Fsp3) is 0.950. The molecule has 7 nitrogen and oxygen atoms in total. The number of likely N-dealkylation sites (N-methyl/N-ethyl adjacent to an activating group) is 1. The highest BCUT2D eigenvalue weighted by Gasteiger charge is 2.16. The Labute approximate surface area is 165 Å². The molecule has 2 N–H and O–H groups in total. The standard InChI is InChI=1S/C20H41N5O2/c1-4-21-20(22-7-5-12-26-16-19-6-13-27-17-19)23-14-18(2)15-25-10-8-24(3)9-11-25/h18-19H,4-17H2,1-3H3,(H2,21,22,23). The predicted molar refractivity (Wildman–Crippen MR) is 111 cm³/mol. The molecule has 7 heteroatoms. The van der Waals surface area contributed by atoms with Gasteiger partial charge in [-0.25, -0.2) is 0 Å². The van der Waals surface area contributed by atoms with Crippen LogP contribution in [-0.2, 0) is 9.47 Å². The lowest BCUT2D eigenvalue weighted by molar-refractivity contribution is 0.0888. The van der Waals surface area contributed by atoms with Crippen molar-refractivity contribution in [2.75, 3.05) is 85.8 Å². The molecule has 2 unspecified atom stereocenters. The molecular weight excluding hydrogens is 342 g/mol. The molecule has 27 heavy (non-hydrogen) atoms. The van der Waals surface area contributed by atoms with Crippen LogP contribution in [0.1, 0.15) is 26.7 Å². The molecule has 158 valence electrons. The lowest BCUT2D eigenvalue weighted by atomic mass is 10.1. The number of nitrogens with one attached hydrogen (secondary N) is 2. The van der Waals surface area contributed by atoms with Gasteiger partial charge in [-0.1, -0.05) is 6.92 Å². The van der Waals surface area contributed by atoms with E-state index in [1.54, 1.807) is 0 Å². The largest absolute Gasteiger partial charge is 0.381 e. The maximum absolute atomic E-state index is 5.76. The van der Waals surface area contributed by atoms with Crippen LogP contribution in [0.25, 0.3) is 0 Å². The Balaban J connectivity index is 1.56. The van der Waals surface area contributed by atoms with Gasteiger partial charge in [-0.05, 0) is 32.7 Å². The van der Waals surface area contributed by atoms with E-state index in [4.69, 9.17) is 14.5 Å². The molecule has 0 spiro atoms. The van der Waals surface area contributed by atoms with E-state index in [0.717, 1.165) is 71.4 Å². The van der Waals surface area contributed by atoms with Gasteiger partial charge in [0.2, 0.25) is 0 Å². The molecule has 0 radical (unpaired) electrons. The van der Waals surface area contributed by atoms with E-state index in [-0.39, 0.29) is 0 Å². The van der Waals surface area contributed by atoms with Crippen molar-refractivity contribution in [1.29, 1.82) is 0 Å². The number of guanidine groups is 1. The SMILES string of the molecule is CCNC(=NCC(C)CN1CCN(C)CC1)NCCCOCC1CCOC1. The molecule has 0 amide bonds. The minimum Gasteiger partial charge on any atom is -0.381 e. The number of aliphatic imine (C=N–C) groups is 1. The smallest absolute Gasteiger partial charge is 0.191 e. The normalized spacial score (nSPS) is 23.5. The zero-order chi connectivity index (χ0) is 19.3. The number of hydrogen-bond acceptors (Lipinski definition) is 5. The summed E-state index contributed by atoms with van der Waals surface area (Å²) in [5.41, 5.74) is 0. The molecule has 2 rings (SSSR count). The Morgan fingerprint density at radius 2 is 2.07 bits per heavy atom. The molecule has 2 aliphatic heterocycles. The molecule has 2 saturated heterocycles. The van der Waals surface area contributed by atoms with Crippen LogP contribution < -0.4 is 10.6 Å². The zero-order valence-corrected chi connectivity index (χ0v) is 17.7. The predicted octanol–water partition coefficient (Wildman–Crippen LogP) is 0.868.